The Balaban J connectivity index is 1.75. The molecule has 0 saturated carbocycles. The van der Waals surface area contributed by atoms with Crippen LogP contribution >= 0.6 is 11.8 Å². The van der Waals surface area contributed by atoms with Gasteiger partial charge in [0.05, 0.1) is 18.0 Å². The van der Waals surface area contributed by atoms with Crippen molar-refractivity contribution < 1.29 is 32.5 Å². The Kier molecular flexibility index (Phi) is 6.04. The van der Waals surface area contributed by atoms with Crippen molar-refractivity contribution in [2.45, 2.75) is 24.2 Å². The number of aliphatic carboxylic acids is 1. The first kappa shape index (κ1) is 20.3. The van der Waals surface area contributed by atoms with Crippen LogP contribution < -0.4 is 14.8 Å². The van der Waals surface area contributed by atoms with Gasteiger partial charge in [0, 0.05) is 11.3 Å². The zero-order valence-electron chi connectivity index (χ0n) is 14.8. The molecule has 2 aromatic carbocycles. The summed E-state index contributed by atoms with van der Waals surface area (Å²) in [6.07, 6.45) is -4.44. The van der Waals surface area contributed by atoms with E-state index in [-0.39, 0.29) is 17.7 Å². The molecule has 1 saturated heterocycles. The van der Waals surface area contributed by atoms with Gasteiger partial charge in [0.25, 0.3) is 0 Å². The standard InChI is InChI=1S/C19H18F3NO4S/c1-26-16-6-5-11(17-23-15(10-28-17)18(24)25)7-12(16)9-27-14-4-2-3-13(8-14)19(20,21)22/h2-8,15,17,23H,9-10H2,1H3,(H,24,25). The van der Waals surface area contributed by atoms with Crippen LogP contribution in [0.15, 0.2) is 42.5 Å². The van der Waals surface area contributed by atoms with Crippen molar-refractivity contribution in [2.24, 2.45) is 0 Å². The number of thioether (sulfide) groups is 1. The van der Waals surface area contributed by atoms with Gasteiger partial charge in [-0.15, -0.1) is 11.8 Å². The average Bonchev–Trinajstić information content (AvgIpc) is 3.16. The van der Waals surface area contributed by atoms with Gasteiger partial charge in [0.2, 0.25) is 0 Å². The number of hydrogen-bond acceptors (Lipinski definition) is 5. The van der Waals surface area contributed by atoms with Crippen molar-refractivity contribution in [2.75, 3.05) is 12.9 Å². The zero-order valence-corrected chi connectivity index (χ0v) is 15.6. The normalized spacial score (nSPS) is 19.4. The Morgan fingerprint density at radius 2 is 2.07 bits per heavy atom. The minimum atomic E-state index is -4.44. The topological polar surface area (TPSA) is 67.8 Å². The number of hydrogen-bond donors (Lipinski definition) is 2. The fourth-order valence-corrected chi connectivity index (χ4v) is 4.03. The van der Waals surface area contributed by atoms with Crippen molar-refractivity contribution in [3.8, 4) is 11.5 Å². The van der Waals surface area contributed by atoms with Crippen molar-refractivity contribution in [3.63, 3.8) is 0 Å². The second-order valence-electron chi connectivity index (χ2n) is 6.16. The Labute approximate surface area is 163 Å². The van der Waals surface area contributed by atoms with E-state index in [2.05, 4.69) is 5.32 Å². The van der Waals surface area contributed by atoms with Crippen LogP contribution in [0.5, 0.6) is 11.5 Å². The van der Waals surface area contributed by atoms with E-state index in [1.165, 1.54) is 31.0 Å². The number of rotatable bonds is 6. The summed E-state index contributed by atoms with van der Waals surface area (Å²) >= 11 is 1.47. The highest BCUT2D eigenvalue weighted by molar-refractivity contribution is 7.99. The summed E-state index contributed by atoms with van der Waals surface area (Å²) in [6.45, 7) is 0.0120. The fourth-order valence-electron chi connectivity index (χ4n) is 2.80. The van der Waals surface area contributed by atoms with Crippen LogP contribution in [0.25, 0.3) is 0 Å². The number of halogens is 3. The highest BCUT2D eigenvalue weighted by atomic mass is 32.2. The second kappa shape index (κ2) is 8.32. The second-order valence-corrected chi connectivity index (χ2v) is 7.29. The lowest BCUT2D eigenvalue weighted by Crippen LogP contribution is -2.33. The molecule has 1 aliphatic rings. The van der Waals surface area contributed by atoms with Crippen molar-refractivity contribution in [3.05, 3.63) is 59.2 Å². The molecule has 1 fully saturated rings. The lowest BCUT2D eigenvalue weighted by atomic mass is 10.1. The summed E-state index contributed by atoms with van der Waals surface area (Å²) in [5.74, 6) is 0.175. The molecule has 1 heterocycles. The van der Waals surface area contributed by atoms with Gasteiger partial charge in [0.15, 0.2) is 0 Å². The molecule has 3 rings (SSSR count). The Bertz CT molecular complexity index is 859. The lowest BCUT2D eigenvalue weighted by molar-refractivity contribution is -0.139. The van der Waals surface area contributed by atoms with E-state index in [9.17, 15) is 18.0 Å². The Hall–Kier alpha value is -2.39. The van der Waals surface area contributed by atoms with Gasteiger partial charge in [-0.3, -0.25) is 10.1 Å². The Morgan fingerprint density at radius 3 is 2.71 bits per heavy atom. The first-order valence-corrected chi connectivity index (χ1v) is 9.40. The molecule has 2 aromatic rings. The number of benzene rings is 2. The molecule has 28 heavy (non-hydrogen) atoms. The van der Waals surface area contributed by atoms with Gasteiger partial charge in [-0.05, 0) is 35.9 Å². The molecule has 2 atom stereocenters. The van der Waals surface area contributed by atoms with Crippen LogP contribution in [0.3, 0.4) is 0 Å². The summed E-state index contributed by atoms with van der Waals surface area (Å²) in [4.78, 5) is 11.1. The molecule has 0 aliphatic carbocycles. The molecule has 0 aromatic heterocycles. The van der Waals surface area contributed by atoms with E-state index in [0.29, 0.717) is 17.1 Å². The molecule has 0 bridgehead atoms. The highest BCUT2D eigenvalue weighted by Crippen LogP contribution is 2.36. The lowest BCUT2D eigenvalue weighted by Gasteiger charge is -2.16. The molecule has 150 valence electrons. The first-order chi connectivity index (χ1) is 13.3. The number of ether oxygens (including phenoxy) is 2. The summed E-state index contributed by atoms with van der Waals surface area (Å²) in [6, 6.07) is 9.41. The minimum Gasteiger partial charge on any atom is -0.496 e. The van der Waals surface area contributed by atoms with E-state index >= 15 is 0 Å². The summed E-state index contributed by atoms with van der Waals surface area (Å²) in [5.41, 5.74) is 0.716. The molecule has 0 amide bonds. The van der Waals surface area contributed by atoms with Gasteiger partial charge in [-0.2, -0.15) is 13.2 Å². The molecule has 2 N–H and O–H groups in total. The minimum absolute atomic E-state index is 0.0120. The maximum Gasteiger partial charge on any atom is 0.416 e. The molecule has 5 nitrogen and oxygen atoms in total. The van der Waals surface area contributed by atoms with Crippen molar-refractivity contribution >= 4 is 17.7 Å². The molecular formula is C19H18F3NO4S. The highest BCUT2D eigenvalue weighted by Gasteiger charge is 2.31. The third kappa shape index (κ3) is 4.71. The molecule has 0 spiro atoms. The summed E-state index contributed by atoms with van der Waals surface area (Å²) in [5, 5.41) is 11.9. The molecule has 9 heteroatoms. The van der Waals surface area contributed by atoms with Gasteiger partial charge in [-0.1, -0.05) is 12.1 Å². The molecule has 0 radical (unpaired) electrons. The van der Waals surface area contributed by atoms with Gasteiger partial charge >= 0.3 is 12.1 Å². The monoisotopic (exact) mass is 413 g/mol. The third-order valence-electron chi connectivity index (χ3n) is 4.24. The van der Waals surface area contributed by atoms with Crippen LogP contribution in [0.2, 0.25) is 0 Å². The predicted molar refractivity (Wildman–Crippen MR) is 98.5 cm³/mol. The third-order valence-corrected chi connectivity index (χ3v) is 5.51. The quantitative estimate of drug-likeness (QED) is 0.744. The van der Waals surface area contributed by atoms with E-state index in [1.807, 2.05) is 6.07 Å². The van der Waals surface area contributed by atoms with Crippen LogP contribution in [-0.4, -0.2) is 30.0 Å². The zero-order chi connectivity index (χ0) is 20.3. The van der Waals surface area contributed by atoms with E-state index in [4.69, 9.17) is 14.6 Å². The van der Waals surface area contributed by atoms with Crippen molar-refractivity contribution in [1.82, 2.24) is 5.32 Å². The van der Waals surface area contributed by atoms with Gasteiger partial charge < -0.3 is 14.6 Å². The van der Waals surface area contributed by atoms with E-state index < -0.39 is 23.8 Å². The smallest absolute Gasteiger partial charge is 0.416 e. The van der Waals surface area contributed by atoms with E-state index in [1.54, 1.807) is 12.1 Å². The molecular weight excluding hydrogens is 395 g/mol. The maximum atomic E-state index is 12.8. The van der Waals surface area contributed by atoms with Gasteiger partial charge in [0.1, 0.15) is 24.1 Å². The van der Waals surface area contributed by atoms with Crippen LogP contribution in [-0.2, 0) is 17.6 Å². The number of carboxylic acids is 1. The molecule has 1 aliphatic heterocycles. The summed E-state index contributed by atoms with van der Waals surface area (Å²) in [7, 11) is 1.49. The number of nitrogens with one attached hydrogen (secondary N) is 1. The number of carbonyl (C=O) groups is 1. The van der Waals surface area contributed by atoms with Crippen LogP contribution in [0, 0.1) is 0 Å². The average molecular weight is 413 g/mol. The number of carboxylic acid groups (broad SMARTS) is 1. The van der Waals surface area contributed by atoms with E-state index in [0.717, 1.165) is 17.7 Å². The SMILES string of the molecule is COc1ccc(C2NC(C(=O)O)CS2)cc1COc1cccc(C(F)(F)F)c1. The number of alkyl halides is 3. The van der Waals surface area contributed by atoms with Crippen LogP contribution in [0.4, 0.5) is 13.2 Å². The molecule has 2 unspecified atom stereocenters. The van der Waals surface area contributed by atoms with Gasteiger partial charge in [-0.25, -0.2) is 0 Å². The predicted octanol–water partition coefficient (Wildman–Crippen LogP) is 4.08. The maximum absolute atomic E-state index is 12.8. The fraction of sp³-hybridized carbons (Fsp3) is 0.316. The number of methoxy groups -OCH3 is 1. The van der Waals surface area contributed by atoms with Crippen molar-refractivity contribution in [1.29, 1.82) is 0 Å². The Morgan fingerprint density at radius 1 is 1.29 bits per heavy atom. The summed E-state index contributed by atoms with van der Waals surface area (Å²) < 4.78 is 49.4. The largest absolute Gasteiger partial charge is 0.496 e. The first-order valence-electron chi connectivity index (χ1n) is 8.35. The van der Waals surface area contributed by atoms with Crippen LogP contribution in [0.1, 0.15) is 22.1 Å².